The summed E-state index contributed by atoms with van der Waals surface area (Å²) in [5.41, 5.74) is 1.77. The fourth-order valence-corrected chi connectivity index (χ4v) is 3.06. The summed E-state index contributed by atoms with van der Waals surface area (Å²) in [5.74, 6) is -0.200. The molecule has 0 bridgehead atoms. The van der Waals surface area contributed by atoms with Crippen molar-refractivity contribution in [3.05, 3.63) is 71.0 Å². The zero-order valence-corrected chi connectivity index (χ0v) is 14.0. The Balaban J connectivity index is 1.41. The SMILES string of the molecule is Fc1ccccc1Cc1nnc(NCCCNc2ccccc2)s1. The lowest BCUT2D eigenvalue weighted by atomic mass is 10.1. The van der Waals surface area contributed by atoms with Crippen molar-refractivity contribution < 1.29 is 4.39 Å². The van der Waals surface area contributed by atoms with Crippen molar-refractivity contribution in [2.24, 2.45) is 0 Å². The van der Waals surface area contributed by atoms with Crippen LogP contribution in [0.1, 0.15) is 17.0 Å². The maximum atomic E-state index is 13.6. The Morgan fingerprint density at radius 1 is 0.875 bits per heavy atom. The molecule has 4 nitrogen and oxygen atoms in total. The first-order valence-corrected chi connectivity index (χ1v) is 8.71. The highest BCUT2D eigenvalue weighted by molar-refractivity contribution is 7.15. The van der Waals surface area contributed by atoms with Gasteiger partial charge in [-0.15, -0.1) is 10.2 Å². The lowest BCUT2D eigenvalue weighted by Gasteiger charge is -2.06. The van der Waals surface area contributed by atoms with E-state index >= 15 is 0 Å². The van der Waals surface area contributed by atoms with Crippen molar-refractivity contribution in [3.63, 3.8) is 0 Å². The Bertz CT molecular complexity index is 760. The Morgan fingerprint density at radius 3 is 2.46 bits per heavy atom. The maximum Gasteiger partial charge on any atom is 0.205 e. The molecule has 0 aliphatic heterocycles. The number of anilines is 2. The molecule has 0 saturated carbocycles. The van der Waals surface area contributed by atoms with E-state index in [-0.39, 0.29) is 5.82 Å². The zero-order valence-electron chi connectivity index (χ0n) is 13.2. The minimum absolute atomic E-state index is 0.200. The topological polar surface area (TPSA) is 49.8 Å². The Kier molecular flexibility index (Phi) is 5.74. The molecule has 0 saturated heterocycles. The minimum Gasteiger partial charge on any atom is -0.385 e. The highest BCUT2D eigenvalue weighted by atomic mass is 32.1. The summed E-state index contributed by atoms with van der Waals surface area (Å²) in [4.78, 5) is 0. The minimum atomic E-state index is -0.200. The number of benzene rings is 2. The molecule has 3 aromatic rings. The standard InChI is InChI=1S/C18H19FN4S/c19-16-10-5-4-7-14(16)13-17-22-23-18(24-17)21-12-6-11-20-15-8-2-1-3-9-15/h1-5,7-10,20H,6,11-13H2,(H,21,23). The summed E-state index contributed by atoms with van der Waals surface area (Å²) in [6.07, 6.45) is 1.44. The first kappa shape index (κ1) is 16.4. The predicted octanol–water partition coefficient (Wildman–Crippen LogP) is 4.18. The number of hydrogen-bond acceptors (Lipinski definition) is 5. The van der Waals surface area contributed by atoms with Gasteiger partial charge in [0.25, 0.3) is 0 Å². The second kappa shape index (κ2) is 8.40. The monoisotopic (exact) mass is 342 g/mol. The molecule has 0 amide bonds. The van der Waals surface area contributed by atoms with E-state index in [0.29, 0.717) is 12.0 Å². The molecule has 3 rings (SSSR count). The summed E-state index contributed by atoms with van der Waals surface area (Å²) in [6.45, 7) is 1.70. The molecule has 0 unspecified atom stereocenters. The van der Waals surface area contributed by atoms with Crippen LogP contribution in [-0.4, -0.2) is 23.3 Å². The smallest absolute Gasteiger partial charge is 0.205 e. The highest BCUT2D eigenvalue weighted by Gasteiger charge is 2.07. The van der Waals surface area contributed by atoms with E-state index in [0.717, 1.165) is 35.3 Å². The van der Waals surface area contributed by atoms with E-state index in [1.807, 2.05) is 36.4 Å². The summed E-state index contributed by atoms with van der Waals surface area (Å²) in [5, 5.41) is 16.4. The van der Waals surface area contributed by atoms with Crippen LogP contribution in [0.2, 0.25) is 0 Å². The van der Waals surface area contributed by atoms with Crippen LogP contribution in [0.3, 0.4) is 0 Å². The van der Waals surface area contributed by atoms with Crippen LogP contribution in [0.25, 0.3) is 0 Å². The van der Waals surface area contributed by atoms with Gasteiger partial charge in [-0.1, -0.05) is 47.7 Å². The number of aromatic nitrogens is 2. The number of para-hydroxylation sites is 1. The zero-order chi connectivity index (χ0) is 16.6. The van der Waals surface area contributed by atoms with Crippen molar-refractivity contribution in [2.45, 2.75) is 12.8 Å². The second-order valence-electron chi connectivity index (χ2n) is 5.34. The fourth-order valence-electron chi connectivity index (χ4n) is 2.27. The molecule has 2 aromatic carbocycles. The van der Waals surface area contributed by atoms with Gasteiger partial charge in [0.1, 0.15) is 10.8 Å². The highest BCUT2D eigenvalue weighted by Crippen LogP contribution is 2.19. The molecular formula is C18H19FN4S. The average molecular weight is 342 g/mol. The van der Waals surface area contributed by atoms with Gasteiger partial charge in [-0.2, -0.15) is 0 Å². The van der Waals surface area contributed by atoms with Crippen LogP contribution in [0.15, 0.2) is 54.6 Å². The van der Waals surface area contributed by atoms with Crippen molar-refractivity contribution in [2.75, 3.05) is 23.7 Å². The molecule has 2 N–H and O–H groups in total. The molecule has 1 heterocycles. The van der Waals surface area contributed by atoms with Gasteiger partial charge in [0.05, 0.1) is 0 Å². The van der Waals surface area contributed by atoms with Gasteiger partial charge in [-0.25, -0.2) is 4.39 Å². The van der Waals surface area contributed by atoms with E-state index < -0.39 is 0 Å². The molecule has 1 aromatic heterocycles. The molecule has 0 aliphatic rings. The molecule has 0 spiro atoms. The first-order valence-electron chi connectivity index (χ1n) is 7.90. The van der Waals surface area contributed by atoms with Gasteiger partial charge < -0.3 is 10.6 Å². The number of hydrogen-bond donors (Lipinski definition) is 2. The van der Waals surface area contributed by atoms with Gasteiger partial charge in [0.2, 0.25) is 5.13 Å². The Hall–Kier alpha value is -2.47. The van der Waals surface area contributed by atoms with Crippen LogP contribution in [0, 0.1) is 5.82 Å². The van der Waals surface area contributed by atoms with E-state index in [4.69, 9.17) is 0 Å². The van der Waals surface area contributed by atoms with Crippen molar-refractivity contribution in [3.8, 4) is 0 Å². The van der Waals surface area contributed by atoms with E-state index in [9.17, 15) is 4.39 Å². The van der Waals surface area contributed by atoms with Crippen LogP contribution in [0.4, 0.5) is 15.2 Å². The molecule has 0 fully saturated rings. The summed E-state index contributed by atoms with van der Waals surface area (Å²) >= 11 is 1.47. The van der Waals surface area contributed by atoms with Gasteiger partial charge in [0.15, 0.2) is 0 Å². The molecule has 0 aliphatic carbocycles. The van der Waals surface area contributed by atoms with Gasteiger partial charge in [-0.3, -0.25) is 0 Å². The van der Waals surface area contributed by atoms with Crippen molar-refractivity contribution in [1.82, 2.24) is 10.2 Å². The second-order valence-corrected chi connectivity index (χ2v) is 6.40. The summed E-state index contributed by atoms with van der Waals surface area (Å²) in [7, 11) is 0. The third kappa shape index (κ3) is 4.76. The lowest BCUT2D eigenvalue weighted by Crippen LogP contribution is -2.08. The molecule has 6 heteroatoms. The normalized spacial score (nSPS) is 10.5. The molecule has 24 heavy (non-hydrogen) atoms. The van der Waals surface area contributed by atoms with Crippen molar-refractivity contribution in [1.29, 1.82) is 0 Å². The Labute approximate surface area is 144 Å². The van der Waals surface area contributed by atoms with Crippen molar-refractivity contribution >= 4 is 22.2 Å². The van der Waals surface area contributed by atoms with Crippen LogP contribution < -0.4 is 10.6 Å². The molecular weight excluding hydrogens is 323 g/mol. The summed E-state index contributed by atoms with van der Waals surface area (Å²) in [6, 6.07) is 16.9. The van der Waals surface area contributed by atoms with E-state index in [1.165, 1.54) is 17.4 Å². The number of rotatable bonds is 8. The number of nitrogens with zero attached hydrogens (tertiary/aromatic N) is 2. The number of nitrogens with one attached hydrogen (secondary N) is 2. The van der Waals surface area contributed by atoms with Gasteiger partial charge in [0, 0.05) is 25.2 Å². The van der Waals surface area contributed by atoms with Gasteiger partial charge in [-0.05, 0) is 30.2 Å². The van der Waals surface area contributed by atoms with Crippen LogP contribution >= 0.6 is 11.3 Å². The molecule has 0 atom stereocenters. The first-order chi connectivity index (χ1) is 11.8. The summed E-state index contributed by atoms with van der Waals surface area (Å²) < 4.78 is 13.6. The fraction of sp³-hybridized carbons (Fsp3) is 0.222. The maximum absolute atomic E-state index is 13.6. The average Bonchev–Trinajstić information content (AvgIpc) is 3.05. The largest absolute Gasteiger partial charge is 0.385 e. The van der Waals surface area contributed by atoms with E-state index in [1.54, 1.807) is 12.1 Å². The lowest BCUT2D eigenvalue weighted by molar-refractivity contribution is 0.613. The third-order valence-corrected chi connectivity index (χ3v) is 4.38. The van der Waals surface area contributed by atoms with Gasteiger partial charge >= 0.3 is 0 Å². The van der Waals surface area contributed by atoms with E-state index in [2.05, 4.69) is 20.8 Å². The van der Waals surface area contributed by atoms with Crippen LogP contribution in [0.5, 0.6) is 0 Å². The Morgan fingerprint density at radius 2 is 1.62 bits per heavy atom. The van der Waals surface area contributed by atoms with Crippen LogP contribution in [-0.2, 0) is 6.42 Å². The quantitative estimate of drug-likeness (QED) is 0.603. The molecule has 124 valence electrons. The predicted molar refractivity (Wildman–Crippen MR) is 97.2 cm³/mol. The third-order valence-electron chi connectivity index (χ3n) is 3.50. The number of halogens is 1. The molecule has 0 radical (unpaired) electrons.